The Morgan fingerprint density at radius 2 is 2.10 bits per heavy atom. The fourth-order valence-corrected chi connectivity index (χ4v) is 3.46. The van der Waals surface area contributed by atoms with Crippen molar-refractivity contribution in [1.29, 1.82) is 0 Å². The summed E-state index contributed by atoms with van der Waals surface area (Å²) in [5.41, 5.74) is 0.724. The van der Waals surface area contributed by atoms with Gasteiger partial charge in [0.1, 0.15) is 0 Å². The summed E-state index contributed by atoms with van der Waals surface area (Å²) in [4.78, 5) is 16.8. The van der Waals surface area contributed by atoms with Crippen molar-refractivity contribution < 1.29 is 9.90 Å². The molecule has 2 aliphatic rings. The zero-order chi connectivity index (χ0) is 15.2. The van der Waals surface area contributed by atoms with Crippen molar-refractivity contribution in [2.24, 2.45) is 12.5 Å². The number of amides is 1. The Labute approximate surface area is 125 Å². The van der Waals surface area contributed by atoms with E-state index in [1.165, 1.54) is 0 Å². The lowest BCUT2D eigenvalue weighted by molar-refractivity contribution is -0.124. The van der Waals surface area contributed by atoms with Gasteiger partial charge in [0.05, 0.1) is 24.0 Å². The van der Waals surface area contributed by atoms with Crippen LogP contribution in [0.5, 0.6) is 0 Å². The van der Waals surface area contributed by atoms with Gasteiger partial charge >= 0.3 is 0 Å². The molecule has 0 spiro atoms. The third kappa shape index (κ3) is 2.58. The average molecular weight is 292 g/mol. The maximum absolute atomic E-state index is 12.7. The minimum absolute atomic E-state index is 0.0584. The Kier molecular flexibility index (Phi) is 3.53. The fraction of sp³-hybridized carbons (Fsp3) is 0.733. The van der Waals surface area contributed by atoms with E-state index in [1.807, 2.05) is 18.1 Å². The van der Waals surface area contributed by atoms with Crippen molar-refractivity contribution in [3.63, 3.8) is 0 Å². The van der Waals surface area contributed by atoms with Crippen molar-refractivity contribution in [1.82, 2.24) is 14.7 Å². The smallest absolute Gasteiger partial charge is 0.244 e. The third-order valence-electron chi connectivity index (χ3n) is 4.82. The van der Waals surface area contributed by atoms with E-state index < -0.39 is 0 Å². The first-order valence-electron chi connectivity index (χ1n) is 7.60. The van der Waals surface area contributed by atoms with Crippen LogP contribution in [0.3, 0.4) is 0 Å². The summed E-state index contributed by atoms with van der Waals surface area (Å²) in [5, 5.41) is 14.2. The largest absolute Gasteiger partial charge is 0.392 e. The molecule has 6 heteroatoms. The van der Waals surface area contributed by atoms with Crippen LogP contribution in [0.4, 0.5) is 5.69 Å². The van der Waals surface area contributed by atoms with Gasteiger partial charge in [-0.25, -0.2) is 0 Å². The number of nitrogens with zero attached hydrogens (tertiary/aromatic N) is 4. The second-order valence-corrected chi connectivity index (χ2v) is 6.93. The highest BCUT2D eigenvalue weighted by atomic mass is 16.3. The molecular formula is C15H24N4O2. The molecule has 1 aromatic rings. The topological polar surface area (TPSA) is 61.6 Å². The highest BCUT2D eigenvalue weighted by Crippen LogP contribution is 2.33. The minimum atomic E-state index is -0.278. The van der Waals surface area contributed by atoms with Gasteiger partial charge in [0, 0.05) is 38.3 Å². The zero-order valence-electron chi connectivity index (χ0n) is 13.0. The maximum Gasteiger partial charge on any atom is 0.244 e. The summed E-state index contributed by atoms with van der Waals surface area (Å²) >= 11 is 0. The fourth-order valence-electron chi connectivity index (χ4n) is 3.46. The van der Waals surface area contributed by atoms with Crippen LogP contribution in [-0.2, 0) is 11.8 Å². The van der Waals surface area contributed by atoms with Gasteiger partial charge in [-0.05, 0) is 12.8 Å². The molecule has 1 amide bonds. The van der Waals surface area contributed by atoms with Crippen molar-refractivity contribution in [3.8, 4) is 0 Å². The molecule has 2 fully saturated rings. The monoisotopic (exact) mass is 292 g/mol. The predicted octanol–water partition coefficient (Wildman–Crippen LogP) is 0.618. The van der Waals surface area contributed by atoms with E-state index in [4.69, 9.17) is 0 Å². The van der Waals surface area contributed by atoms with Gasteiger partial charge < -0.3 is 10.0 Å². The van der Waals surface area contributed by atoms with E-state index in [0.717, 1.165) is 38.2 Å². The normalized spacial score (nSPS) is 30.1. The number of aliphatic hydroxyl groups excluding tert-OH is 1. The first-order valence-corrected chi connectivity index (χ1v) is 7.60. The van der Waals surface area contributed by atoms with Gasteiger partial charge in [-0.3, -0.25) is 14.4 Å². The van der Waals surface area contributed by atoms with Crippen LogP contribution in [0.1, 0.15) is 26.7 Å². The second kappa shape index (κ2) is 5.10. The molecule has 3 heterocycles. The van der Waals surface area contributed by atoms with E-state index in [9.17, 15) is 9.90 Å². The number of carbonyl (C=O) groups excluding carboxylic acids is 1. The number of anilines is 1. The number of aliphatic hydroxyl groups is 1. The van der Waals surface area contributed by atoms with Crippen molar-refractivity contribution in [2.75, 3.05) is 24.5 Å². The summed E-state index contributed by atoms with van der Waals surface area (Å²) in [7, 11) is 1.86. The standard InChI is InChI=1S/C15H24N4O2/c1-15(2)10-18(6-5-13(15)20)12-4-7-19(14(12)21)11-8-16-17(3)9-11/h8-9,12-13,20H,4-7,10H2,1-3H3. The van der Waals surface area contributed by atoms with Gasteiger partial charge in [-0.2, -0.15) is 5.10 Å². The van der Waals surface area contributed by atoms with Crippen LogP contribution in [0.15, 0.2) is 12.4 Å². The molecule has 1 N–H and O–H groups in total. The van der Waals surface area contributed by atoms with E-state index in [1.54, 1.807) is 10.9 Å². The molecule has 2 unspecified atom stereocenters. The number of carbonyl (C=O) groups is 1. The first-order chi connectivity index (χ1) is 9.88. The van der Waals surface area contributed by atoms with Crippen LogP contribution in [0.2, 0.25) is 0 Å². The van der Waals surface area contributed by atoms with Gasteiger partial charge in [0.2, 0.25) is 5.91 Å². The van der Waals surface area contributed by atoms with E-state index in [-0.39, 0.29) is 23.5 Å². The molecule has 0 bridgehead atoms. The van der Waals surface area contributed by atoms with Gasteiger partial charge in [-0.15, -0.1) is 0 Å². The van der Waals surface area contributed by atoms with E-state index in [0.29, 0.717) is 0 Å². The Hall–Kier alpha value is -1.40. The molecule has 3 rings (SSSR count). The molecule has 0 aromatic carbocycles. The molecule has 2 saturated heterocycles. The lowest BCUT2D eigenvalue weighted by Crippen LogP contribution is -2.54. The number of piperidine rings is 1. The van der Waals surface area contributed by atoms with Crippen LogP contribution in [0.25, 0.3) is 0 Å². The zero-order valence-corrected chi connectivity index (χ0v) is 13.0. The molecule has 0 radical (unpaired) electrons. The lowest BCUT2D eigenvalue weighted by Gasteiger charge is -2.43. The van der Waals surface area contributed by atoms with Crippen molar-refractivity contribution in [2.45, 2.75) is 38.8 Å². The quantitative estimate of drug-likeness (QED) is 0.868. The molecule has 116 valence electrons. The van der Waals surface area contributed by atoms with E-state index in [2.05, 4.69) is 23.8 Å². The minimum Gasteiger partial charge on any atom is -0.392 e. The Morgan fingerprint density at radius 1 is 1.33 bits per heavy atom. The van der Waals surface area contributed by atoms with Crippen LogP contribution in [0, 0.1) is 5.41 Å². The number of aryl methyl sites for hydroxylation is 1. The Morgan fingerprint density at radius 3 is 2.71 bits per heavy atom. The lowest BCUT2D eigenvalue weighted by atomic mass is 9.80. The van der Waals surface area contributed by atoms with Gasteiger partial charge in [0.25, 0.3) is 0 Å². The third-order valence-corrected chi connectivity index (χ3v) is 4.82. The first kappa shape index (κ1) is 14.5. The van der Waals surface area contributed by atoms with Gasteiger partial charge in [-0.1, -0.05) is 13.8 Å². The SMILES string of the molecule is Cn1cc(N2CCC(N3CCC(O)C(C)(C)C3)C2=O)cn1. The summed E-state index contributed by atoms with van der Waals surface area (Å²) in [6.07, 6.45) is 4.93. The predicted molar refractivity (Wildman–Crippen MR) is 79.9 cm³/mol. The Balaban J connectivity index is 1.72. The number of aromatic nitrogens is 2. The number of likely N-dealkylation sites (tertiary alicyclic amines) is 1. The summed E-state index contributed by atoms with van der Waals surface area (Å²) in [6.45, 7) is 6.45. The van der Waals surface area contributed by atoms with Crippen LogP contribution >= 0.6 is 0 Å². The molecule has 21 heavy (non-hydrogen) atoms. The maximum atomic E-state index is 12.7. The Bertz CT molecular complexity index is 540. The highest BCUT2D eigenvalue weighted by Gasteiger charge is 2.43. The molecule has 0 aliphatic carbocycles. The number of hydrogen-bond donors (Lipinski definition) is 1. The average Bonchev–Trinajstić information content (AvgIpc) is 2.99. The molecule has 0 saturated carbocycles. The summed E-state index contributed by atoms with van der Waals surface area (Å²) in [6, 6.07) is -0.0584. The molecule has 6 nitrogen and oxygen atoms in total. The second-order valence-electron chi connectivity index (χ2n) is 6.93. The molecule has 1 aromatic heterocycles. The highest BCUT2D eigenvalue weighted by molar-refractivity contribution is 5.99. The number of hydrogen-bond acceptors (Lipinski definition) is 4. The van der Waals surface area contributed by atoms with Crippen LogP contribution in [-0.4, -0.2) is 57.5 Å². The molecular weight excluding hydrogens is 268 g/mol. The molecule has 2 aliphatic heterocycles. The van der Waals surface area contributed by atoms with Crippen molar-refractivity contribution in [3.05, 3.63) is 12.4 Å². The summed E-state index contributed by atoms with van der Waals surface area (Å²) < 4.78 is 1.72. The van der Waals surface area contributed by atoms with Crippen LogP contribution < -0.4 is 4.90 Å². The van der Waals surface area contributed by atoms with Crippen molar-refractivity contribution >= 4 is 11.6 Å². The van der Waals surface area contributed by atoms with Gasteiger partial charge in [0.15, 0.2) is 0 Å². The number of rotatable bonds is 2. The summed E-state index contributed by atoms with van der Waals surface area (Å²) in [5.74, 6) is 0.162. The molecule has 2 atom stereocenters. The van der Waals surface area contributed by atoms with E-state index >= 15 is 0 Å².